The van der Waals surface area contributed by atoms with Crippen molar-refractivity contribution in [3.8, 4) is 22.5 Å². The van der Waals surface area contributed by atoms with Gasteiger partial charge in [0.2, 0.25) is 5.76 Å². The van der Waals surface area contributed by atoms with E-state index in [-0.39, 0.29) is 17.8 Å². The van der Waals surface area contributed by atoms with Gasteiger partial charge in [-0.05, 0) is 50.6 Å². The molecule has 5 rings (SSSR count). The highest BCUT2D eigenvalue weighted by atomic mass is 19.1. The molecule has 0 radical (unpaired) electrons. The molecule has 0 saturated heterocycles. The Kier molecular flexibility index (Phi) is 5.65. The number of rotatable bonds is 5. The Morgan fingerprint density at radius 3 is 2.74 bits per heavy atom. The van der Waals surface area contributed by atoms with E-state index in [0.717, 1.165) is 11.1 Å². The van der Waals surface area contributed by atoms with Crippen LogP contribution in [0.4, 0.5) is 4.39 Å². The Labute approximate surface area is 201 Å². The highest BCUT2D eigenvalue weighted by Crippen LogP contribution is 2.29. The lowest BCUT2D eigenvalue weighted by Gasteiger charge is -2.29. The summed E-state index contributed by atoms with van der Waals surface area (Å²) in [4.78, 5) is 34.0. The minimum absolute atomic E-state index is 0.0144. The largest absolute Gasteiger partial charge is 0.381 e. The van der Waals surface area contributed by atoms with Crippen LogP contribution in [0, 0.1) is 5.82 Å². The minimum Gasteiger partial charge on any atom is -0.381 e. The number of fused-ring (bicyclic) bond motifs is 1. The van der Waals surface area contributed by atoms with Gasteiger partial charge < -0.3 is 15.1 Å². The van der Waals surface area contributed by atoms with Crippen molar-refractivity contribution >= 4 is 17.1 Å². The quantitative estimate of drug-likeness (QED) is 0.404. The molecule has 35 heavy (non-hydrogen) atoms. The van der Waals surface area contributed by atoms with Gasteiger partial charge >= 0.3 is 0 Å². The van der Waals surface area contributed by atoms with Gasteiger partial charge in [0.05, 0.1) is 11.7 Å². The van der Waals surface area contributed by atoms with Crippen LogP contribution in [0.3, 0.4) is 0 Å². The van der Waals surface area contributed by atoms with Crippen molar-refractivity contribution in [1.29, 1.82) is 0 Å². The van der Waals surface area contributed by atoms with E-state index < -0.39 is 11.7 Å². The van der Waals surface area contributed by atoms with E-state index in [1.807, 2.05) is 32.9 Å². The van der Waals surface area contributed by atoms with Gasteiger partial charge in [-0.3, -0.25) is 14.8 Å². The van der Waals surface area contributed by atoms with Crippen LogP contribution >= 0.6 is 0 Å². The third-order valence-corrected chi connectivity index (χ3v) is 5.57. The van der Waals surface area contributed by atoms with Crippen molar-refractivity contribution in [3.63, 3.8) is 0 Å². The molecule has 0 fully saturated rings. The number of aromatic amines is 1. The van der Waals surface area contributed by atoms with E-state index in [4.69, 9.17) is 4.84 Å². The van der Waals surface area contributed by atoms with Gasteiger partial charge in [-0.25, -0.2) is 14.4 Å². The number of hydrazine groups is 1. The average Bonchev–Trinajstić information content (AvgIpc) is 3.51. The number of H-pyrrole nitrogens is 1. The molecule has 0 bridgehead atoms. The molecule has 4 aromatic rings. The van der Waals surface area contributed by atoms with Gasteiger partial charge in [0, 0.05) is 41.8 Å². The fourth-order valence-electron chi connectivity index (χ4n) is 3.61. The first-order valence-electron chi connectivity index (χ1n) is 11.1. The molecule has 10 heteroatoms. The molecule has 4 heterocycles. The predicted molar refractivity (Wildman–Crippen MR) is 128 cm³/mol. The maximum Gasteiger partial charge on any atom is 0.290 e. The Bertz CT molecular complexity index is 1430. The molecule has 3 aromatic heterocycles. The molecule has 1 amide bonds. The second kappa shape index (κ2) is 8.80. The predicted octanol–water partition coefficient (Wildman–Crippen LogP) is 3.83. The number of amides is 1. The summed E-state index contributed by atoms with van der Waals surface area (Å²) in [6.45, 7) is 5.92. The maximum absolute atomic E-state index is 15.0. The van der Waals surface area contributed by atoms with Crippen molar-refractivity contribution in [2.45, 2.75) is 32.9 Å². The molecular formula is C25H24FN7O2. The number of pyridine rings is 2. The van der Waals surface area contributed by atoms with Crippen molar-refractivity contribution in [2.24, 2.45) is 0 Å². The van der Waals surface area contributed by atoms with Crippen molar-refractivity contribution in [3.05, 3.63) is 78.3 Å². The molecule has 0 unspecified atom stereocenters. The van der Waals surface area contributed by atoms with E-state index in [1.54, 1.807) is 48.0 Å². The monoisotopic (exact) mass is 473 g/mol. The fourth-order valence-corrected chi connectivity index (χ4v) is 3.61. The molecule has 0 atom stereocenters. The van der Waals surface area contributed by atoms with Gasteiger partial charge in [0.15, 0.2) is 5.65 Å². The average molecular weight is 474 g/mol. The summed E-state index contributed by atoms with van der Waals surface area (Å²) in [5.74, 6) is -0.135. The number of nitrogens with zero attached hydrogens (tertiary/aromatic N) is 4. The van der Waals surface area contributed by atoms with Crippen molar-refractivity contribution in [2.75, 3.05) is 0 Å². The second-order valence-corrected chi connectivity index (χ2v) is 9.10. The number of nitrogens with one attached hydrogen (secondary N) is 3. The lowest BCUT2D eigenvalue weighted by Crippen LogP contribution is -2.43. The van der Waals surface area contributed by atoms with Crippen LogP contribution in [0.25, 0.3) is 33.7 Å². The van der Waals surface area contributed by atoms with E-state index in [1.165, 1.54) is 6.07 Å². The summed E-state index contributed by atoms with van der Waals surface area (Å²) in [5.41, 5.74) is 6.22. The van der Waals surface area contributed by atoms with Crippen LogP contribution in [0.2, 0.25) is 0 Å². The minimum atomic E-state index is -0.442. The number of imidazole rings is 1. The zero-order valence-corrected chi connectivity index (χ0v) is 19.5. The van der Waals surface area contributed by atoms with Crippen molar-refractivity contribution in [1.82, 2.24) is 35.9 Å². The van der Waals surface area contributed by atoms with Gasteiger partial charge in [-0.15, -0.1) is 0 Å². The number of carbonyl (C=O) groups excluding carboxylic acids is 1. The number of hydrogen-bond acceptors (Lipinski definition) is 7. The van der Waals surface area contributed by atoms with Crippen LogP contribution in [-0.2, 0) is 16.2 Å². The number of carbonyl (C=O) groups is 1. The summed E-state index contributed by atoms with van der Waals surface area (Å²) < 4.78 is 15.0. The highest BCUT2D eigenvalue weighted by Gasteiger charge is 2.28. The van der Waals surface area contributed by atoms with Gasteiger partial charge in [0.1, 0.15) is 17.2 Å². The lowest BCUT2D eigenvalue weighted by molar-refractivity contribution is -0.123. The first kappa shape index (κ1) is 22.5. The third-order valence-electron chi connectivity index (χ3n) is 5.57. The summed E-state index contributed by atoms with van der Waals surface area (Å²) >= 11 is 0. The molecule has 0 aliphatic carbocycles. The first-order chi connectivity index (χ1) is 16.8. The third kappa shape index (κ3) is 4.56. The summed E-state index contributed by atoms with van der Waals surface area (Å²) in [5, 5.41) is 4.37. The Morgan fingerprint density at radius 2 is 2.03 bits per heavy atom. The first-order valence-corrected chi connectivity index (χ1v) is 11.1. The molecule has 0 spiro atoms. The van der Waals surface area contributed by atoms with E-state index in [2.05, 4.69) is 30.8 Å². The SMILES string of the molecule is CC(C)(C)N1C=C(C(=O)NCc2ccc(-c3ccnc4[nH]c(-c5cccnc5)nc34)cc2F)ON1. The Balaban J connectivity index is 1.34. The standard InChI is InChI=1S/C25H24FN7O2/c1-25(2,3)33-14-20(35-32-33)24(34)29-13-16-7-6-15(11-19(16)26)18-8-10-28-23-21(18)30-22(31-23)17-5-4-9-27-12-17/h4-12,14,32H,13H2,1-3H3,(H,29,34)(H,28,30,31). The van der Waals surface area contributed by atoms with Crippen LogP contribution in [0.15, 0.2) is 66.9 Å². The summed E-state index contributed by atoms with van der Waals surface area (Å²) in [7, 11) is 0. The molecule has 9 nitrogen and oxygen atoms in total. The van der Waals surface area contributed by atoms with E-state index in [9.17, 15) is 9.18 Å². The van der Waals surface area contributed by atoms with Crippen LogP contribution in [0.1, 0.15) is 26.3 Å². The second-order valence-electron chi connectivity index (χ2n) is 9.10. The molecule has 0 saturated carbocycles. The molecule has 1 aromatic carbocycles. The maximum atomic E-state index is 15.0. The van der Waals surface area contributed by atoms with E-state index in [0.29, 0.717) is 28.1 Å². The molecular weight excluding hydrogens is 449 g/mol. The van der Waals surface area contributed by atoms with Gasteiger partial charge in [-0.1, -0.05) is 17.7 Å². The van der Waals surface area contributed by atoms with Crippen molar-refractivity contribution < 1.29 is 14.0 Å². The molecule has 1 aliphatic rings. The highest BCUT2D eigenvalue weighted by molar-refractivity contribution is 5.92. The number of benzene rings is 1. The molecule has 3 N–H and O–H groups in total. The zero-order valence-electron chi connectivity index (χ0n) is 19.5. The number of aromatic nitrogens is 4. The summed E-state index contributed by atoms with van der Waals surface area (Å²) in [6, 6.07) is 10.4. The van der Waals surface area contributed by atoms with Crippen LogP contribution < -0.4 is 10.9 Å². The number of halogens is 1. The zero-order chi connectivity index (χ0) is 24.6. The van der Waals surface area contributed by atoms with Gasteiger partial charge in [0.25, 0.3) is 5.91 Å². The topological polar surface area (TPSA) is 108 Å². The Morgan fingerprint density at radius 1 is 1.17 bits per heavy atom. The lowest BCUT2D eigenvalue weighted by atomic mass is 10.0. The van der Waals surface area contributed by atoms with Crippen LogP contribution in [0.5, 0.6) is 0 Å². The molecule has 178 valence electrons. The Hall–Kier alpha value is -4.31. The summed E-state index contributed by atoms with van der Waals surface area (Å²) in [6.07, 6.45) is 6.63. The smallest absolute Gasteiger partial charge is 0.290 e. The normalized spacial score (nSPS) is 13.6. The van der Waals surface area contributed by atoms with E-state index >= 15 is 0 Å². The van der Waals surface area contributed by atoms with Crippen LogP contribution in [-0.4, -0.2) is 36.4 Å². The number of hydrogen-bond donors (Lipinski definition) is 3. The van der Waals surface area contributed by atoms with Gasteiger partial charge in [-0.2, -0.15) is 0 Å². The molecule has 1 aliphatic heterocycles. The fraction of sp³-hybridized carbons (Fsp3) is 0.200.